The number of hydrogen-bond acceptors (Lipinski definition) is 7. The first-order chi connectivity index (χ1) is 12.6. The van der Waals surface area contributed by atoms with Crippen molar-refractivity contribution in [2.45, 2.75) is 6.23 Å². The molecule has 1 heterocycles. The van der Waals surface area contributed by atoms with Crippen LogP contribution in [-0.2, 0) is 0 Å². The molecule has 3 rings (SSSR count). The van der Waals surface area contributed by atoms with E-state index in [0.29, 0.717) is 23.1 Å². The lowest BCUT2D eigenvalue weighted by atomic mass is 10.2. The van der Waals surface area contributed by atoms with Crippen molar-refractivity contribution < 1.29 is 19.3 Å². The highest BCUT2D eigenvalue weighted by Crippen LogP contribution is 2.29. The van der Waals surface area contributed by atoms with E-state index in [1.807, 2.05) is 18.2 Å². The molecule has 0 aliphatic carbocycles. The minimum atomic E-state index is -0.823. The summed E-state index contributed by atoms with van der Waals surface area (Å²) in [6.45, 7) is 0.255. The van der Waals surface area contributed by atoms with Crippen LogP contribution in [0.3, 0.4) is 0 Å². The van der Waals surface area contributed by atoms with Crippen LogP contribution >= 0.6 is 0 Å². The average molecular weight is 358 g/mol. The molecule has 0 saturated carbocycles. The van der Waals surface area contributed by atoms with Crippen LogP contribution in [0.1, 0.15) is 0 Å². The summed E-state index contributed by atoms with van der Waals surface area (Å²) in [5.41, 5.74) is 2.39. The van der Waals surface area contributed by atoms with Gasteiger partial charge in [-0.05, 0) is 24.3 Å². The van der Waals surface area contributed by atoms with Crippen molar-refractivity contribution in [3.05, 3.63) is 36.4 Å². The molecular formula is C18H22N4O4. The molecule has 0 amide bonds. The lowest BCUT2D eigenvalue weighted by Gasteiger charge is -2.16. The molecule has 0 bridgehead atoms. The van der Waals surface area contributed by atoms with Crippen LogP contribution in [0.4, 0.5) is 11.6 Å². The van der Waals surface area contributed by atoms with Crippen LogP contribution in [0.5, 0.6) is 17.2 Å². The summed E-state index contributed by atoms with van der Waals surface area (Å²) < 4.78 is 15.6. The molecule has 3 aromatic rings. The molecule has 0 fully saturated rings. The molecule has 8 nitrogen and oxygen atoms in total. The van der Waals surface area contributed by atoms with E-state index in [2.05, 4.69) is 20.6 Å². The second-order valence-corrected chi connectivity index (χ2v) is 5.58. The number of aromatic amines is 1. The van der Waals surface area contributed by atoms with Crippen molar-refractivity contribution in [1.82, 2.24) is 9.97 Å². The summed E-state index contributed by atoms with van der Waals surface area (Å²) in [5.74, 6) is 2.54. The van der Waals surface area contributed by atoms with E-state index in [1.54, 1.807) is 39.5 Å². The number of methoxy groups -OCH3 is 3. The first kappa shape index (κ1) is 17.7. The Hall–Kier alpha value is -3.13. The molecule has 0 saturated heterocycles. The van der Waals surface area contributed by atoms with Crippen molar-refractivity contribution in [2.24, 2.45) is 0 Å². The number of nitrogens with zero attached hydrogens (tertiary/aromatic N) is 1. The predicted molar refractivity (Wildman–Crippen MR) is 100 cm³/mol. The fourth-order valence-corrected chi connectivity index (χ4v) is 2.56. The molecule has 1 atom stereocenters. The molecule has 138 valence electrons. The summed E-state index contributed by atoms with van der Waals surface area (Å²) >= 11 is 0. The molecule has 0 aliphatic rings. The number of nitrogens with one attached hydrogen (secondary N) is 3. The van der Waals surface area contributed by atoms with Gasteiger partial charge in [0.2, 0.25) is 5.95 Å². The number of aliphatic hydroxyl groups is 1. The maximum Gasteiger partial charge on any atom is 0.201 e. The number of benzene rings is 2. The second kappa shape index (κ2) is 7.83. The van der Waals surface area contributed by atoms with Crippen LogP contribution in [0, 0.1) is 0 Å². The van der Waals surface area contributed by atoms with E-state index >= 15 is 0 Å². The van der Waals surface area contributed by atoms with Gasteiger partial charge in [0.25, 0.3) is 0 Å². The SMILES string of the molecule is COc1ccc2nc(NCC(O)Nc3ccc(OC)c(OC)c3)[nH]c2c1. The molecule has 1 unspecified atom stereocenters. The normalized spacial score (nSPS) is 11.8. The molecule has 2 aromatic carbocycles. The van der Waals surface area contributed by atoms with Gasteiger partial charge in [-0.25, -0.2) is 4.98 Å². The Morgan fingerprint density at radius 3 is 2.58 bits per heavy atom. The van der Waals surface area contributed by atoms with Crippen LogP contribution in [0.15, 0.2) is 36.4 Å². The zero-order valence-corrected chi connectivity index (χ0v) is 14.9. The minimum absolute atomic E-state index is 0.255. The van der Waals surface area contributed by atoms with Gasteiger partial charge in [-0.2, -0.15) is 0 Å². The summed E-state index contributed by atoms with van der Waals surface area (Å²) in [4.78, 5) is 7.56. The largest absolute Gasteiger partial charge is 0.497 e. The van der Waals surface area contributed by atoms with Crippen molar-refractivity contribution in [1.29, 1.82) is 0 Å². The van der Waals surface area contributed by atoms with Crippen LogP contribution in [0.25, 0.3) is 11.0 Å². The maximum atomic E-state index is 10.2. The third-order valence-corrected chi connectivity index (χ3v) is 3.87. The second-order valence-electron chi connectivity index (χ2n) is 5.58. The van der Waals surface area contributed by atoms with Gasteiger partial charge in [0.15, 0.2) is 11.5 Å². The van der Waals surface area contributed by atoms with E-state index in [1.165, 1.54) is 0 Å². The van der Waals surface area contributed by atoms with Gasteiger partial charge in [-0.15, -0.1) is 0 Å². The predicted octanol–water partition coefficient (Wildman–Crippen LogP) is 2.43. The monoisotopic (exact) mass is 358 g/mol. The van der Waals surface area contributed by atoms with Crippen molar-refractivity contribution in [3.63, 3.8) is 0 Å². The maximum absolute atomic E-state index is 10.2. The number of hydrogen-bond donors (Lipinski definition) is 4. The fraction of sp³-hybridized carbons (Fsp3) is 0.278. The number of anilines is 2. The molecule has 8 heteroatoms. The van der Waals surface area contributed by atoms with Crippen molar-refractivity contribution in [3.8, 4) is 17.2 Å². The third kappa shape index (κ3) is 3.92. The molecule has 26 heavy (non-hydrogen) atoms. The Balaban J connectivity index is 1.61. The van der Waals surface area contributed by atoms with Gasteiger partial charge >= 0.3 is 0 Å². The summed E-state index contributed by atoms with van der Waals surface area (Å²) in [6.07, 6.45) is -0.823. The van der Waals surface area contributed by atoms with Gasteiger partial charge in [0.1, 0.15) is 12.0 Å². The quantitative estimate of drug-likeness (QED) is 0.459. The Bertz CT molecular complexity index is 881. The zero-order valence-electron chi connectivity index (χ0n) is 14.9. The highest BCUT2D eigenvalue weighted by molar-refractivity contribution is 5.79. The Kier molecular flexibility index (Phi) is 5.33. The van der Waals surface area contributed by atoms with Crippen LogP contribution in [0.2, 0.25) is 0 Å². The highest BCUT2D eigenvalue weighted by atomic mass is 16.5. The van der Waals surface area contributed by atoms with Crippen LogP contribution < -0.4 is 24.8 Å². The van der Waals surface area contributed by atoms with E-state index in [0.717, 1.165) is 16.8 Å². The first-order valence-electron chi connectivity index (χ1n) is 8.07. The van der Waals surface area contributed by atoms with Gasteiger partial charge < -0.3 is 34.9 Å². The lowest BCUT2D eigenvalue weighted by Crippen LogP contribution is -2.28. The van der Waals surface area contributed by atoms with Crippen molar-refractivity contribution in [2.75, 3.05) is 38.5 Å². The van der Waals surface area contributed by atoms with E-state index in [4.69, 9.17) is 14.2 Å². The molecular weight excluding hydrogens is 336 g/mol. The van der Waals surface area contributed by atoms with Gasteiger partial charge in [0.05, 0.1) is 38.9 Å². The molecule has 4 N–H and O–H groups in total. The van der Waals surface area contributed by atoms with Crippen molar-refractivity contribution >= 4 is 22.7 Å². The highest BCUT2D eigenvalue weighted by Gasteiger charge is 2.09. The molecule has 1 aromatic heterocycles. The summed E-state index contributed by atoms with van der Waals surface area (Å²) in [6, 6.07) is 10.9. The van der Waals surface area contributed by atoms with E-state index in [9.17, 15) is 5.11 Å². The number of imidazole rings is 1. The first-order valence-corrected chi connectivity index (χ1v) is 8.07. The lowest BCUT2D eigenvalue weighted by molar-refractivity contribution is 0.216. The van der Waals surface area contributed by atoms with E-state index < -0.39 is 6.23 Å². The number of ether oxygens (including phenoxy) is 3. The Morgan fingerprint density at radius 1 is 1.04 bits per heavy atom. The van der Waals surface area contributed by atoms with Gasteiger partial charge in [0, 0.05) is 17.8 Å². The fourth-order valence-electron chi connectivity index (χ4n) is 2.56. The van der Waals surface area contributed by atoms with E-state index in [-0.39, 0.29) is 6.54 Å². The number of H-pyrrole nitrogens is 1. The minimum Gasteiger partial charge on any atom is -0.497 e. The number of fused-ring (bicyclic) bond motifs is 1. The summed E-state index contributed by atoms with van der Waals surface area (Å²) in [5, 5.41) is 16.3. The molecule has 0 spiro atoms. The molecule has 0 radical (unpaired) electrons. The average Bonchev–Trinajstić information content (AvgIpc) is 3.08. The Labute approximate surface area is 151 Å². The third-order valence-electron chi connectivity index (χ3n) is 3.87. The van der Waals surface area contributed by atoms with Gasteiger partial charge in [-0.3, -0.25) is 0 Å². The smallest absolute Gasteiger partial charge is 0.201 e. The van der Waals surface area contributed by atoms with Crippen LogP contribution in [-0.4, -0.2) is 49.2 Å². The summed E-state index contributed by atoms with van der Waals surface area (Å²) in [7, 11) is 4.76. The topological polar surface area (TPSA) is 101 Å². The number of rotatable bonds is 8. The number of aromatic nitrogens is 2. The number of aliphatic hydroxyl groups excluding tert-OH is 1. The Morgan fingerprint density at radius 2 is 1.85 bits per heavy atom. The molecule has 0 aliphatic heterocycles. The van der Waals surface area contributed by atoms with Gasteiger partial charge in [-0.1, -0.05) is 0 Å². The standard InChI is InChI=1S/C18H22N4O4/c1-24-12-5-6-13-14(9-12)22-18(21-13)19-10-17(23)20-11-4-7-15(25-2)16(8-11)26-3/h4-9,17,20,23H,10H2,1-3H3,(H2,19,21,22). The zero-order chi connectivity index (χ0) is 18.5.